The summed E-state index contributed by atoms with van der Waals surface area (Å²) in [5.74, 6) is -0.937. The van der Waals surface area contributed by atoms with E-state index in [1.54, 1.807) is 0 Å². The topological polar surface area (TPSA) is 40.5 Å². The maximum absolute atomic E-state index is 13.5. The highest BCUT2D eigenvalue weighted by atomic mass is 35.5. The second-order valence-electron chi connectivity index (χ2n) is 5.82. The molecule has 0 unspecified atom stereocenters. The van der Waals surface area contributed by atoms with Crippen LogP contribution in [0.2, 0.25) is 0 Å². The first kappa shape index (κ1) is 18.6. The van der Waals surface area contributed by atoms with Crippen molar-refractivity contribution in [1.82, 2.24) is 0 Å². The van der Waals surface area contributed by atoms with Crippen LogP contribution in [0.4, 0.5) is 17.6 Å². The van der Waals surface area contributed by atoms with Crippen LogP contribution in [0.5, 0.6) is 5.75 Å². The number of phenols is 1. The Morgan fingerprint density at radius 1 is 0.957 bits per heavy atom. The first-order valence-corrected chi connectivity index (χ1v) is 7.93. The van der Waals surface area contributed by atoms with Gasteiger partial charge >= 0.3 is 10.8 Å². The summed E-state index contributed by atoms with van der Waals surface area (Å²) < 4.78 is 54.2. The van der Waals surface area contributed by atoms with Gasteiger partial charge in [-0.25, -0.2) is 0 Å². The van der Waals surface area contributed by atoms with Crippen LogP contribution in [0.1, 0.15) is 49.1 Å². The molecular weight excluding hydrogens is 359 g/mol. The number of hydrogen-bond donors (Lipinski definition) is 2. The molecule has 2 N–H and O–H groups in total. The number of benzene rings is 1. The predicted octanol–water partition coefficient (Wildman–Crippen LogP) is 5.29. The van der Waals surface area contributed by atoms with Crippen molar-refractivity contribution in [3.8, 4) is 5.75 Å². The molecule has 23 heavy (non-hydrogen) atoms. The van der Waals surface area contributed by atoms with Gasteiger partial charge in [-0.2, -0.15) is 17.6 Å². The lowest BCUT2D eigenvalue weighted by Gasteiger charge is -2.36. The molecule has 0 aromatic heterocycles. The molecule has 1 fully saturated rings. The number of hydrogen-bond acceptors (Lipinski definition) is 2. The maximum atomic E-state index is 13.5. The van der Waals surface area contributed by atoms with Crippen molar-refractivity contribution in [2.75, 3.05) is 0 Å². The summed E-state index contributed by atoms with van der Waals surface area (Å²) in [4.78, 5) is 0. The maximum Gasteiger partial charge on any atom is 0.361 e. The van der Waals surface area contributed by atoms with E-state index in [1.165, 1.54) is 6.07 Å². The smallest absolute Gasteiger partial charge is 0.361 e. The molecule has 8 heteroatoms. The molecule has 0 saturated heterocycles. The van der Waals surface area contributed by atoms with Gasteiger partial charge < -0.3 is 10.2 Å². The van der Waals surface area contributed by atoms with Crippen molar-refractivity contribution in [3.05, 3.63) is 29.3 Å². The molecule has 0 heterocycles. The van der Waals surface area contributed by atoms with E-state index in [0.717, 1.165) is 44.2 Å². The molecule has 0 atom stereocenters. The summed E-state index contributed by atoms with van der Waals surface area (Å²) in [5.41, 5.74) is -4.84. The summed E-state index contributed by atoms with van der Waals surface area (Å²) in [5, 5.41) is 10.1. The fourth-order valence-electron chi connectivity index (χ4n) is 3.00. The van der Waals surface area contributed by atoms with Crippen molar-refractivity contribution in [3.63, 3.8) is 0 Å². The third kappa shape index (κ3) is 3.39. The fraction of sp³-hybridized carbons (Fsp3) is 0.600. The minimum absolute atomic E-state index is 0.0137. The number of aliphatic hydroxyl groups is 1. The fourth-order valence-corrected chi connectivity index (χ4v) is 3.49. The SMILES string of the molecule is Oc1ccc(C2CCCCC2)cc1C(O)(C(F)(F)Cl)C(F)(F)Cl. The van der Waals surface area contributed by atoms with Crippen molar-refractivity contribution in [2.45, 2.75) is 54.4 Å². The zero-order valence-electron chi connectivity index (χ0n) is 12.0. The number of rotatable bonds is 4. The van der Waals surface area contributed by atoms with Gasteiger partial charge in [-0.1, -0.05) is 25.3 Å². The molecule has 1 saturated carbocycles. The number of phenolic OH excluding ortho intramolecular Hbond substituents is 1. The average Bonchev–Trinajstić information content (AvgIpc) is 2.45. The van der Waals surface area contributed by atoms with Crippen LogP contribution in [0.15, 0.2) is 18.2 Å². The van der Waals surface area contributed by atoms with Crippen LogP contribution < -0.4 is 0 Å². The molecule has 0 aliphatic heterocycles. The lowest BCUT2D eigenvalue weighted by atomic mass is 9.81. The Balaban J connectivity index is 2.55. The zero-order chi connectivity index (χ0) is 17.5. The number of halogens is 6. The highest BCUT2D eigenvalue weighted by Gasteiger charge is 2.68. The molecule has 1 aliphatic carbocycles. The van der Waals surface area contributed by atoms with Crippen LogP contribution in [0.25, 0.3) is 0 Å². The van der Waals surface area contributed by atoms with Gasteiger partial charge in [-0.05, 0) is 59.7 Å². The second kappa shape index (κ2) is 6.30. The molecule has 0 spiro atoms. The van der Waals surface area contributed by atoms with Crippen LogP contribution in [0, 0.1) is 0 Å². The molecular formula is C15H16Cl2F4O2. The van der Waals surface area contributed by atoms with E-state index in [1.807, 2.05) is 0 Å². The molecule has 130 valence electrons. The minimum Gasteiger partial charge on any atom is -0.508 e. The van der Waals surface area contributed by atoms with Gasteiger partial charge in [-0.15, -0.1) is 0 Å². The Hall–Kier alpha value is -0.720. The summed E-state index contributed by atoms with van der Waals surface area (Å²) in [6.07, 6.45) is 4.46. The predicted molar refractivity (Wildman–Crippen MR) is 79.4 cm³/mol. The Morgan fingerprint density at radius 2 is 1.48 bits per heavy atom. The summed E-state index contributed by atoms with van der Waals surface area (Å²) >= 11 is 9.42. The molecule has 0 amide bonds. The van der Waals surface area contributed by atoms with Crippen LogP contribution >= 0.6 is 23.2 Å². The van der Waals surface area contributed by atoms with Crippen molar-refractivity contribution >= 4 is 23.2 Å². The third-order valence-electron chi connectivity index (χ3n) is 4.31. The van der Waals surface area contributed by atoms with E-state index in [-0.39, 0.29) is 5.92 Å². The lowest BCUT2D eigenvalue weighted by molar-refractivity contribution is -0.225. The van der Waals surface area contributed by atoms with Crippen LogP contribution in [0.3, 0.4) is 0 Å². The van der Waals surface area contributed by atoms with Crippen molar-refractivity contribution in [2.24, 2.45) is 0 Å². The summed E-state index contributed by atoms with van der Waals surface area (Å²) in [6, 6.07) is 3.40. The van der Waals surface area contributed by atoms with Crippen molar-refractivity contribution in [1.29, 1.82) is 0 Å². The van der Waals surface area contributed by atoms with Gasteiger partial charge in [0.15, 0.2) is 0 Å². The van der Waals surface area contributed by atoms with Gasteiger partial charge in [0.05, 0.1) is 0 Å². The molecule has 1 aromatic carbocycles. The Kier molecular flexibility index (Phi) is 5.10. The molecule has 2 nitrogen and oxygen atoms in total. The zero-order valence-corrected chi connectivity index (χ0v) is 13.5. The minimum atomic E-state index is -4.79. The van der Waals surface area contributed by atoms with E-state index in [0.29, 0.717) is 5.56 Å². The molecule has 2 rings (SSSR count). The van der Waals surface area contributed by atoms with Gasteiger partial charge in [-0.3, -0.25) is 0 Å². The molecule has 1 aromatic rings. The van der Waals surface area contributed by atoms with E-state index < -0.39 is 27.7 Å². The second-order valence-corrected chi connectivity index (χ2v) is 6.77. The monoisotopic (exact) mass is 374 g/mol. The van der Waals surface area contributed by atoms with E-state index in [4.69, 9.17) is 23.2 Å². The van der Waals surface area contributed by atoms with E-state index >= 15 is 0 Å². The quantitative estimate of drug-likeness (QED) is 0.555. The highest BCUT2D eigenvalue weighted by molar-refractivity contribution is 6.26. The van der Waals surface area contributed by atoms with Gasteiger partial charge in [0, 0.05) is 5.56 Å². The first-order valence-electron chi connectivity index (χ1n) is 7.17. The summed E-state index contributed by atoms with van der Waals surface area (Å²) in [6.45, 7) is 0. The third-order valence-corrected chi connectivity index (χ3v) is 4.85. The Bertz CT molecular complexity index is 550. The number of aromatic hydroxyl groups is 1. The largest absolute Gasteiger partial charge is 0.508 e. The average molecular weight is 375 g/mol. The van der Waals surface area contributed by atoms with Crippen LogP contribution in [-0.4, -0.2) is 21.0 Å². The van der Waals surface area contributed by atoms with Gasteiger partial charge in [0.1, 0.15) is 5.75 Å². The van der Waals surface area contributed by atoms with E-state index in [9.17, 15) is 27.8 Å². The van der Waals surface area contributed by atoms with E-state index in [2.05, 4.69) is 0 Å². The Morgan fingerprint density at radius 3 is 1.96 bits per heavy atom. The van der Waals surface area contributed by atoms with Gasteiger partial charge in [0.25, 0.3) is 5.60 Å². The van der Waals surface area contributed by atoms with Crippen molar-refractivity contribution < 1.29 is 27.8 Å². The summed E-state index contributed by atoms with van der Waals surface area (Å²) in [7, 11) is 0. The molecule has 1 aliphatic rings. The van der Waals surface area contributed by atoms with Gasteiger partial charge in [0.2, 0.25) is 0 Å². The molecule has 0 radical (unpaired) electrons. The standard InChI is InChI=1S/C15H16Cl2F4O2/c16-14(18,19)13(23,15(17,20)21)11-8-10(6-7-12(11)22)9-4-2-1-3-5-9/h6-9,22-23H,1-5H2. The highest BCUT2D eigenvalue weighted by Crippen LogP contribution is 2.54. The number of alkyl halides is 6. The van der Waals surface area contributed by atoms with Crippen LogP contribution in [-0.2, 0) is 5.60 Å². The normalized spacial score (nSPS) is 18.2. The Labute approximate surface area is 141 Å². The lowest BCUT2D eigenvalue weighted by Crippen LogP contribution is -2.52. The molecule has 0 bridgehead atoms. The first-order chi connectivity index (χ1) is 10.5.